The number of rotatable bonds is 7. The Morgan fingerprint density at radius 3 is 2.52 bits per heavy atom. The summed E-state index contributed by atoms with van der Waals surface area (Å²) >= 11 is 0. The number of aromatic nitrogens is 2. The van der Waals surface area contributed by atoms with E-state index in [0.717, 1.165) is 5.56 Å². The number of carbonyl (C=O) groups is 1. The number of nitrogens with zero attached hydrogens (tertiary/aromatic N) is 3. The number of sulfonamides is 1. The van der Waals surface area contributed by atoms with Gasteiger partial charge in [-0.15, -0.1) is 10.2 Å². The smallest absolute Gasteiger partial charge is 0.338 e. The number of hydrogen-bond donors (Lipinski definition) is 0. The molecule has 3 rings (SSSR count). The van der Waals surface area contributed by atoms with E-state index in [-0.39, 0.29) is 16.3 Å². The molecule has 0 unspecified atom stereocenters. The van der Waals surface area contributed by atoms with Gasteiger partial charge < -0.3 is 9.15 Å². The van der Waals surface area contributed by atoms with Crippen LogP contribution in [-0.2, 0) is 19.6 Å². The topological polar surface area (TPSA) is 112 Å². The molecule has 0 aliphatic heterocycles. The normalized spacial score (nSPS) is 12.7. The quantitative estimate of drug-likeness (QED) is 0.426. The first-order valence-corrected chi connectivity index (χ1v) is 10.00. The average molecular weight is 417 g/mol. The zero-order chi connectivity index (χ0) is 21.0. The molecule has 9 nitrogen and oxygen atoms in total. The van der Waals surface area contributed by atoms with Crippen LogP contribution < -0.4 is 0 Å². The van der Waals surface area contributed by atoms with E-state index in [1.807, 2.05) is 30.3 Å². The standard InChI is InChI=1S/C19H19N3O6S/c1-13(17-20-21-18(28-17)14-8-5-4-6-9-14)27-19(23)15-10-7-11-16(12-15)29(24,25)22(2)26-3/h4-13H,1-3H3/t13-/m1/s1. The maximum Gasteiger partial charge on any atom is 0.338 e. The van der Waals surface area contributed by atoms with Crippen molar-refractivity contribution in [3.8, 4) is 11.5 Å². The number of carbonyl (C=O) groups excluding carboxylic acids is 1. The highest BCUT2D eigenvalue weighted by atomic mass is 32.2. The van der Waals surface area contributed by atoms with Crippen molar-refractivity contribution in [3.63, 3.8) is 0 Å². The van der Waals surface area contributed by atoms with Crippen LogP contribution in [0.4, 0.5) is 0 Å². The van der Waals surface area contributed by atoms with Crippen LogP contribution in [0.1, 0.15) is 29.3 Å². The second-order valence-corrected chi connectivity index (χ2v) is 7.92. The summed E-state index contributed by atoms with van der Waals surface area (Å²) in [6, 6.07) is 14.6. The molecule has 29 heavy (non-hydrogen) atoms. The first-order valence-electron chi connectivity index (χ1n) is 8.56. The number of hydrogen-bond acceptors (Lipinski definition) is 8. The largest absolute Gasteiger partial charge is 0.449 e. The van der Waals surface area contributed by atoms with Crippen LogP contribution in [0.2, 0.25) is 0 Å². The van der Waals surface area contributed by atoms with Gasteiger partial charge in [-0.3, -0.25) is 4.84 Å². The Bertz CT molecular complexity index is 1100. The first kappa shape index (κ1) is 20.6. The Hall–Kier alpha value is -3.08. The molecule has 0 saturated heterocycles. The highest BCUT2D eigenvalue weighted by Crippen LogP contribution is 2.23. The Labute approximate surface area is 167 Å². The van der Waals surface area contributed by atoms with Crippen molar-refractivity contribution in [1.29, 1.82) is 0 Å². The van der Waals surface area contributed by atoms with Crippen LogP contribution in [0.3, 0.4) is 0 Å². The lowest BCUT2D eigenvalue weighted by atomic mass is 10.2. The first-order chi connectivity index (χ1) is 13.8. The van der Waals surface area contributed by atoms with E-state index < -0.39 is 22.1 Å². The van der Waals surface area contributed by atoms with Crippen LogP contribution in [0.5, 0.6) is 0 Å². The highest BCUT2D eigenvalue weighted by molar-refractivity contribution is 7.89. The van der Waals surface area contributed by atoms with Gasteiger partial charge in [0, 0.05) is 12.6 Å². The van der Waals surface area contributed by atoms with E-state index in [9.17, 15) is 13.2 Å². The van der Waals surface area contributed by atoms with Crippen molar-refractivity contribution in [3.05, 3.63) is 66.1 Å². The molecule has 3 aromatic rings. The van der Waals surface area contributed by atoms with Gasteiger partial charge in [-0.2, -0.15) is 0 Å². The van der Waals surface area contributed by atoms with E-state index in [4.69, 9.17) is 14.0 Å². The number of hydroxylamine groups is 1. The van der Waals surface area contributed by atoms with Crippen LogP contribution in [0.25, 0.3) is 11.5 Å². The third-order valence-corrected chi connectivity index (χ3v) is 5.73. The molecule has 0 N–H and O–H groups in total. The van der Waals surface area contributed by atoms with E-state index in [0.29, 0.717) is 10.4 Å². The van der Waals surface area contributed by atoms with Crippen molar-refractivity contribution < 1.29 is 27.2 Å². The molecule has 10 heteroatoms. The molecular weight excluding hydrogens is 398 g/mol. The second kappa shape index (κ2) is 8.52. The van der Waals surface area contributed by atoms with E-state index in [1.165, 1.54) is 38.4 Å². The third-order valence-electron chi connectivity index (χ3n) is 4.06. The molecule has 0 aliphatic carbocycles. The van der Waals surface area contributed by atoms with Gasteiger partial charge in [-0.1, -0.05) is 28.7 Å². The molecule has 1 heterocycles. The third kappa shape index (κ3) is 4.50. The SMILES string of the molecule is CON(C)S(=O)(=O)c1cccc(C(=O)O[C@H](C)c2nnc(-c3ccccc3)o2)c1. The van der Waals surface area contributed by atoms with Crippen LogP contribution in [0.15, 0.2) is 63.9 Å². The Balaban J connectivity index is 1.75. The molecule has 0 radical (unpaired) electrons. The molecule has 0 spiro atoms. The number of esters is 1. The summed E-state index contributed by atoms with van der Waals surface area (Å²) in [5, 5.41) is 7.87. The lowest BCUT2D eigenvalue weighted by Crippen LogP contribution is -2.26. The van der Waals surface area contributed by atoms with Crippen molar-refractivity contribution in [2.75, 3.05) is 14.2 Å². The summed E-state index contributed by atoms with van der Waals surface area (Å²) in [6.07, 6.45) is -0.825. The minimum Gasteiger partial charge on any atom is -0.449 e. The Morgan fingerprint density at radius 1 is 1.10 bits per heavy atom. The average Bonchev–Trinajstić information content (AvgIpc) is 3.24. The molecular formula is C19H19N3O6S. The molecule has 1 aromatic heterocycles. The molecule has 0 aliphatic rings. The van der Waals surface area contributed by atoms with Crippen LogP contribution in [-0.4, -0.2) is 43.2 Å². The second-order valence-electron chi connectivity index (χ2n) is 5.98. The molecule has 0 bridgehead atoms. The number of ether oxygens (including phenoxy) is 1. The molecule has 0 saturated carbocycles. The maximum atomic E-state index is 12.5. The van der Waals surface area contributed by atoms with Crippen LogP contribution in [0, 0.1) is 0 Å². The highest BCUT2D eigenvalue weighted by Gasteiger charge is 2.24. The summed E-state index contributed by atoms with van der Waals surface area (Å²) in [5.74, 6) is -0.298. The predicted octanol–water partition coefficient (Wildman–Crippen LogP) is 2.84. The fourth-order valence-corrected chi connectivity index (χ4v) is 3.42. The van der Waals surface area contributed by atoms with Crippen molar-refractivity contribution in [2.24, 2.45) is 0 Å². The van der Waals surface area contributed by atoms with Crippen molar-refractivity contribution >= 4 is 16.0 Å². The molecule has 2 aromatic carbocycles. The lowest BCUT2D eigenvalue weighted by Gasteiger charge is -2.15. The zero-order valence-corrected chi connectivity index (χ0v) is 16.8. The molecule has 0 amide bonds. The maximum absolute atomic E-state index is 12.5. The fraction of sp³-hybridized carbons (Fsp3) is 0.211. The van der Waals surface area contributed by atoms with Gasteiger partial charge in [0.15, 0.2) is 6.10 Å². The monoisotopic (exact) mass is 417 g/mol. The van der Waals surface area contributed by atoms with Gasteiger partial charge in [0.1, 0.15) is 0 Å². The van der Waals surface area contributed by atoms with E-state index in [2.05, 4.69) is 10.2 Å². The van der Waals surface area contributed by atoms with Gasteiger partial charge >= 0.3 is 5.97 Å². The predicted molar refractivity (Wildman–Crippen MR) is 102 cm³/mol. The Kier molecular flexibility index (Phi) is 6.06. The summed E-state index contributed by atoms with van der Waals surface area (Å²) < 4.78 is 36.3. The summed E-state index contributed by atoms with van der Waals surface area (Å²) in [5.41, 5.74) is 0.801. The Morgan fingerprint density at radius 2 is 1.83 bits per heavy atom. The van der Waals surface area contributed by atoms with Gasteiger partial charge in [-0.05, 0) is 37.3 Å². The van der Waals surface area contributed by atoms with Gasteiger partial charge in [0.05, 0.1) is 17.6 Å². The fourth-order valence-electron chi connectivity index (χ4n) is 2.41. The summed E-state index contributed by atoms with van der Waals surface area (Å²) in [7, 11) is -1.41. The van der Waals surface area contributed by atoms with Gasteiger partial charge in [0.25, 0.3) is 15.9 Å². The number of benzene rings is 2. The summed E-state index contributed by atoms with van der Waals surface area (Å²) in [6.45, 7) is 1.58. The van der Waals surface area contributed by atoms with E-state index in [1.54, 1.807) is 6.92 Å². The minimum atomic E-state index is -3.89. The molecule has 1 atom stereocenters. The molecule has 152 valence electrons. The van der Waals surface area contributed by atoms with E-state index >= 15 is 0 Å². The van der Waals surface area contributed by atoms with Crippen LogP contribution >= 0.6 is 0 Å². The zero-order valence-electron chi connectivity index (χ0n) is 16.0. The van der Waals surface area contributed by atoms with Crippen molar-refractivity contribution in [2.45, 2.75) is 17.9 Å². The summed E-state index contributed by atoms with van der Waals surface area (Å²) in [4.78, 5) is 17.1. The van der Waals surface area contributed by atoms with Gasteiger partial charge in [-0.25, -0.2) is 13.2 Å². The molecule has 0 fully saturated rings. The minimum absolute atomic E-state index is 0.0604. The van der Waals surface area contributed by atoms with Gasteiger partial charge in [0.2, 0.25) is 5.89 Å². The van der Waals surface area contributed by atoms with Crippen molar-refractivity contribution in [1.82, 2.24) is 14.7 Å². The lowest BCUT2D eigenvalue weighted by molar-refractivity contribution is -0.0258.